The molecule has 0 aliphatic rings. The Kier molecular flexibility index (Phi) is 9.22. The van der Waals surface area contributed by atoms with Crippen LogP contribution in [0.25, 0.3) is 0 Å². The SMILES string of the molecule is CC(CO)CSCCCCCCC(F)(F)F. The molecule has 0 aromatic carbocycles. The number of halogens is 3. The molecule has 0 fully saturated rings. The molecule has 0 radical (unpaired) electrons. The smallest absolute Gasteiger partial charge is 0.389 e. The van der Waals surface area contributed by atoms with Crippen molar-refractivity contribution in [2.24, 2.45) is 5.92 Å². The number of aliphatic hydroxyl groups is 1. The Morgan fingerprint density at radius 3 is 2.31 bits per heavy atom. The number of hydrogen-bond donors (Lipinski definition) is 1. The summed E-state index contributed by atoms with van der Waals surface area (Å²) in [5.74, 6) is 2.23. The maximum atomic E-state index is 11.8. The van der Waals surface area contributed by atoms with Gasteiger partial charge in [-0.3, -0.25) is 0 Å². The van der Waals surface area contributed by atoms with E-state index in [1.54, 1.807) is 11.8 Å². The largest absolute Gasteiger partial charge is 0.396 e. The first-order chi connectivity index (χ1) is 7.45. The van der Waals surface area contributed by atoms with Gasteiger partial charge >= 0.3 is 6.18 Å². The molecular formula is C11H21F3OS. The molecule has 0 aromatic heterocycles. The summed E-state index contributed by atoms with van der Waals surface area (Å²) in [6.45, 7) is 2.19. The summed E-state index contributed by atoms with van der Waals surface area (Å²) < 4.78 is 35.4. The van der Waals surface area contributed by atoms with Crippen LogP contribution in [-0.4, -0.2) is 29.4 Å². The summed E-state index contributed by atoms with van der Waals surface area (Å²) in [6.07, 6.45) is -1.89. The lowest BCUT2D eigenvalue weighted by molar-refractivity contribution is -0.135. The Labute approximate surface area is 99.8 Å². The minimum absolute atomic E-state index is 0.207. The van der Waals surface area contributed by atoms with Gasteiger partial charge in [-0.1, -0.05) is 19.8 Å². The van der Waals surface area contributed by atoms with Gasteiger partial charge in [0, 0.05) is 13.0 Å². The molecule has 0 saturated heterocycles. The lowest BCUT2D eigenvalue weighted by Gasteiger charge is -2.07. The number of alkyl halides is 3. The van der Waals surface area contributed by atoms with E-state index in [1.807, 2.05) is 6.92 Å². The van der Waals surface area contributed by atoms with Gasteiger partial charge in [-0.15, -0.1) is 0 Å². The molecule has 0 saturated carbocycles. The van der Waals surface area contributed by atoms with Gasteiger partial charge in [-0.25, -0.2) is 0 Å². The van der Waals surface area contributed by atoms with E-state index in [9.17, 15) is 13.2 Å². The normalized spacial score (nSPS) is 14.1. The van der Waals surface area contributed by atoms with Gasteiger partial charge in [-0.2, -0.15) is 24.9 Å². The van der Waals surface area contributed by atoms with E-state index >= 15 is 0 Å². The van der Waals surface area contributed by atoms with Crippen LogP contribution >= 0.6 is 11.8 Å². The average Bonchev–Trinajstić information content (AvgIpc) is 2.20. The topological polar surface area (TPSA) is 20.2 Å². The van der Waals surface area contributed by atoms with Crippen molar-refractivity contribution >= 4 is 11.8 Å². The van der Waals surface area contributed by atoms with Crippen molar-refractivity contribution in [2.45, 2.75) is 45.2 Å². The van der Waals surface area contributed by atoms with Crippen LogP contribution in [0, 0.1) is 5.92 Å². The van der Waals surface area contributed by atoms with Crippen molar-refractivity contribution in [3.05, 3.63) is 0 Å². The molecule has 0 aliphatic carbocycles. The van der Waals surface area contributed by atoms with Crippen LogP contribution in [0.2, 0.25) is 0 Å². The number of rotatable bonds is 9. The molecular weight excluding hydrogens is 237 g/mol. The molecule has 0 aliphatic heterocycles. The number of thioether (sulfide) groups is 1. The standard InChI is InChI=1S/C11H21F3OS/c1-10(8-15)9-16-7-5-3-2-4-6-11(12,13)14/h10,15H,2-9H2,1H3. The van der Waals surface area contributed by atoms with E-state index in [4.69, 9.17) is 5.11 Å². The molecule has 1 atom stereocenters. The Balaban J connectivity index is 3.10. The summed E-state index contributed by atoms with van der Waals surface area (Å²) in [6, 6.07) is 0. The minimum atomic E-state index is -3.99. The van der Waals surface area contributed by atoms with E-state index in [0.29, 0.717) is 12.3 Å². The summed E-state index contributed by atoms with van der Waals surface area (Å²) in [5.41, 5.74) is 0. The van der Waals surface area contributed by atoms with Crippen LogP contribution in [0.15, 0.2) is 0 Å². The van der Waals surface area contributed by atoms with E-state index in [0.717, 1.165) is 24.3 Å². The maximum Gasteiger partial charge on any atom is 0.389 e. The Morgan fingerprint density at radius 2 is 1.75 bits per heavy atom. The number of hydrogen-bond acceptors (Lipinski definition) is 2. The van der Waals surface area contributed by atoms with Crippen LogP contribution in [0.3, 0.4) is 0 Å². The summed E-state index contributed by atoms with van der Waals surface area (Å²) in [4.78, 5) is 0. The molecule has 1 unspecified atom stereocenters. The zero-order chi connectivity index (χ0) is 12.4. The van der Waals surface area contributed by atoms with Crippen molar-refractivity contribution in [1.82, 2.24) is 0 Å². The first kappa shape index (κ1) is 16.1. The first-order valence-electron chi connectivity index (χ1n) is 5.71. The van der Waals surface area contributed by atoms with Gasteiger partial charge in [0.25, 0.3) is 0 Å². The van der Waals surface area contributed by atoms with Crippen molar-refractivity contribution < 1.29 is 18.3 Å². The maximum absolute atomic E-state index is 11.8. The van der Waals surface area contributed by atoms with Crippen LogP contribution < -0.4 is 0 Å². The second-order valence-corrected chi connectivity index (χ2v) is 5.29. The molecule has 98 valence electrons. The second kappa shape index (κ2) is 9.16. The zero-order valence-electron chi connectivity index (χ0n) is 9.72. The predicted molar refractivity (Wildman–Crippen MR) is 62.7 cm³/mol. The highest BCUT2D eigenvalue weighted by Gasteiger charge is 2.25. The Bertz CT molecular complexity index is 162. The highest BCUT2D eigenvalue weighted by molar-refractivity contribution is 7.99. The fourth-order valence-electron chi connectivity index (χ4n) is 1.22. The lowest BCUT2D eigenvalue weighted by Crippen LogP contribution is -2.06. The fourth-order valence-corrected chi connectivity index (χ4v) is 2.30. The second-order valence-electron chi connectivity index (χ2n) is 4.14. The lowest BCUT2D eigenvalue weighted by atomic mass is 10.1. The fraction of sp³-hybridized carbons (Fsp3) is 1.00. The van der Waals surface area contributed by atoms with Crippen molar-refractivity contribution in [3.8, 4) is 0 Å². The van der Waals surface area contributed by atoms with Crippen LogP contribution in [0.4, 0.5) is 13.2 Å². The molecule has 0 heterocycles. The molecule has 1 nitrogen and oxygen atoms in total. The van der Waals surface area contributed by atoms with Crippen LogP contribution in [-0.2, 0) is 0 Å². The van der Waals surface area contributed by atoms with Crippen molar-refractivity contribution in [1.29, 1.82) is 0 Å². The first-order valence-corrected chi connectivity index (χ1v) is 6.86. The molecule has 0 bridgehead atoms. The monoisotopic (exact) mass is 258 g/mol. The van der Waals surface area contributed by atoms with Gasteiger partial charge < -0.3 is 5.11 Å². The third kappa shape index (κ3) is 12.2. The van der Waals surface area contributed by atoms with E-state index < -0.39 is 12.6 Å². The summed E-state index contributed by atoms with van der Waals surface area (Å²) >= 11 is 1.77. The van der Waals surface area contributed by atoms with Gasteiger partial charge in [0.1, 0.15) is 0 Å². The molecule has 0 amide bonds. The van der Waals surface area contributed by atoms with Crippen molar-refractivity contribution in [3.63, 3.8) is 0 Å². The van der Waals surface area contributed by atoms with Gasteiger partial charge in [0.15, 0.2) is 0 Å². The Hall–Kier alpha value is 0.100. The zero-order valence-corrected chi connectivity index (χ0v) is 10.5. The quantitative estimate of drug-likeness (QED) is 0.634. The summed E-state index contributed by atoms with van der Waals surface area (Å²) in [7, 11) is 0. The van der Waals surface area contributed by atoms with Crippen LogP contribution in [0.1, 0.15) is 39.0 Å². The van der Waals surface area contributed by atoms with Gasteiger partial charge in [-0.05, 0) is 30.3 Å². The molecule has 5 heteroatoms. The van der Waals surface area contributed by atoms with Crippen molar-refractivity contribution in [2.75, 3.05) is 18.1 Å². The van der Waals surface area contributed by atoms with Gasteiger partial charge in [0.2, 0.25) is 0 Å². The third-order valence-electron chi connectivity index (χ3n) is 2.21. The predicted octanol–water partition coefficient (Wildman–Crippen LogP) is 3.86. The minimum Gasteiger partial charge on any atom is -0.396 e. The van der Waals surface area contributed by atoms with Gasteiger partial charge in [0.05, 0.1) is 0 Å². The van der Waals surface area contributed by atoms with E-state index in [-0.39, 0.29) is 13.0 Å². The van der Waals surface area contributed by atoms with Crippen LogP contribution in [0.5, 0.6) is 0 Å². The highest BCUT2D eigenvalue weighted by atomic mass is 32.2. The number of unbranched alkanes of at least 4 members (excludes halogenated alkanes) is 3. The highest BCUT2D eigenvalue weighted by Crippen LogP contribution is 2.23. The molecule has 0 spiro atoms. The third-order valence-corrected chi connectivity index (χ3v) is 3.60. The molecule has 0 aromatic rings. The van der Waals surface area contributed by atoms with E-state index in [2.05, 4.69) is 0 Å². The number of aliphatic hydroxyl groups excluding tert-OH is 1. The Morgan fingerprint density at radius 1 is 1.12 bits per heavy atom. The molecule has 0 rings (SSSR count). The molecule has 1 N–H and O–H groups in total. The summed E-state index contributed by atoms with van der Waals surface area (Å²) in [5, 5.41) is 8.76. The average molecular weight is 258 g/mol. The van der Waals surface area contributed by atoms with E-state index in [1.165, 1.54) is 0 Å². The molecule has 16 heavy (non-hydrogen) atoms.